The first kappa shape index (κ1) is 22.6. The van der Waals surface area contributed by atoms with Crippen LogP contribution in [-0.4, -0.2) is 57.0 Å². The maximum Gasteiger partial charge on any atom is 0.251 e. The third kappa shape index (κ3) is 9.07. The Kier molecular flexibility index (Phi) is 11.4. The quantitative estimate of drug-likeness (QED) is 0.338. The van der Waals surface area contributed by atoms with E-state index in [1.54, 1.807) is 7.05 Å². The minimum absolute atomic E-state index is 0. The summed E-state index contributed by atoms with van der Waals surface area (Å²) in [5, 5.41) is 9.39. The molecule has 7 heteroatoms. The third-order valence-corrected chi connectivity index (χ3v) is 3.14. The molecule has 0 fully saturated rings. The highest BCUT2D eigenvalue weighted by molar-refractivity contribution is 14.0. The van der Waals surface area contributed by atoms with Crippen LogP contribution >= 0.6 is 24.0 Å². The molecular weight excluding hydrogens is 417 g/mol. The highest BCUT2D eigenvalue weighted by Gasteiger charge is 2.06. The van der Waals surface area contributed by atoms with E-state index in [4.69, 9.17) is 0 Å². The van der Waals surface area contributed by atoms with Gasteiger partial charge in [0, 0.05) is 38.3 Å². The van der Waals surface area contributed by atoms with E-state index in [9.17, 15) is 4.79 Å². The molecule has 0 saturated heterocycles. The molecule has 0 spiro atoms. The molecule has 0 radical (unpaired) electrons. The summed E-state index contributed by atoms with van der Waals surface area (Å²) >= 11 is 0. The normalized spacial score (nSPS) is 11.2. The molecule has 1 aromatic carbocycles. The molecule has 0 unspecified atom stereocenters. The van der Waals surface area contributed by atoms with Crippen molar-refractivity contribution >= 4 is 35.8 Å². The van der Waals surface area contributed by atoms with E-state index >= 15 is 0 Å². The molecule has 0 aliphatic heterocycles. The van der Waals surface area contributed by atoms with Crippen molar-refractivity contribution in [2.45, 2.75) is 26.4 Å². The number of guanidine groups is 1. The Morgan fingerprint density at radius 2 is 1.96 bits per heavy atom. The number of carbonyl (C=O) groups excluding carboxylic acids is 1. The van der Waals surface area contributed by atoms with Crippen molar-refractivity contribution in [1.29, 1.82) is 0 Å². The Hall–Kier alpha value is -1.35. The maximum absolute atomic E-state index is 12.1. The van der Waals surface area contributed by atoms with E-state index in [1.165, 1.54) is 0 Å². The molecule has 0 heterocycles. The van der Waals surface area contributed by atoms with Gasteiger partial charge in [0.15, 0.2) is 5.96 Å². The number of rotatable bonds is 7. The third-order valence-electron chi connectivity index (χ3n) is 3.14. The van der Waals surface area contributed by atoms with E-state index in [-0.39, 0.29) is 29.9 Å². The van der Waals surface area contributed by atoms with Crippen molar-refractivity contribution in [1.82, 2.24) is 20.9 Å². The van der Waals surface area contributed by atoms with Crippen LogP contribution in [0, 0.1) is 0 Å². The first-order chi connectivity index (χ1) is 10.9. The summed E-state index contributed by atoms with van der Waals surface area (Å²) in [7, 11) is 5.71. The van der Waals surface area contributed by atoms with Crippen LogP contribution in [0.1, 0.15) is 29.8 Å². The average molecular weight is 447 g/mol. The number of hydrogen-bond acceptors (Lipinski definition) is 3. The van der Waals surface area contributed by atoms with Gasteiger partial charge in [-0.3, -0.25) is 9.79 Å². The number of nitrogens with zero attached hydrogens (tertiary/aromatic N) is 2. The SMILES string of the molecule is CN=C(NCc1cccc(C(=O)NCCN(C)C)c1)NC(C)C.I. The summed E-state index contributed by atoms with van der Waals surface area (Å²) in [5.74, 6) is 0.708. The summed E-state index contributed by atoms with van der Waals surface area (Å²) < 4.78 is 0. The Labute approximate surface area is 162 Å². The molecule has 1 amide bonds. The van der Waals surface area contributed by atoms with Gasteiger partial charge < -0.3 is 20.9 Å². The smallest absolute Gasteiger partial charge is 0.251 e. The minimum Gasteiger partial charge on any atom is -0.354 e. The van der Waals surface area contributed by atoms with Crippen LogP contribution < -0.4 is 16.0 Å². The number of aliphatic imine (C=N–C) groups is 1. The standard InChI is InChI=1S/C17H29N5O.HI/c1-13(2)21-17(18-3)20-12-14-7-6-8-15(11-14)16(23)19-9-10-22(4)5;/h6-8,11,13H,9-10,12H2,1-5H3,(H,19,23)(H2,18,20,21);1H. The number of halogens is 1. The fourth-order valence-corrected chi connectivity index (χ4v) is 1.97. The van der Waals surface area contributed by atoms with Gasteiger partial charge in [0.25, 0.3) is 5.91 Å². The summed E-state index contributed by atoms with van der Waals surface area (Å²) in [6, 6.07) is 7.94. The van der Waals surface area contributed by atoms with Gasteiger partial charge >= 0.3 is 0 Å². The molecule has 0 aromatic heterocycles. The zero-order valence-corrected chi connectivity index (χ0v) is 17.5. The van der Waals surface area contributed by atoms with Gasteiger partial charge in [-0.25, -0.2) is 0 Å². The van der Waals surface area contributed by atoms with E-state index in [0.29, 0.717) is 24.7 Å². The number of hydrogen-bond donors (Lipinski definition) is 3. The van der Waals surface area contributed by atoms with Crippen LogP contribution in [0.15, 0.2) is 29.3 Å². The topological polar surface area (TPSA) is 68.8 Å². The molecular formula is C17H30IN5O. The van der Waals surface area contributed by atoms with E-state index in [0.717, 1.165) is 18.1 Å². The lowest BCUT2D eigenvalue weighted by Gasteiger charge is -2.15. The van der Waals surface area contributed by atoms with Gasteiger partial charge in [-0.2, -0.15) is 0 Å². The van der Waals surface area contributed by atoms with E-state index < -0.39 is 0 Å². The first-order valence-electron chi connectivity index (χ1n) is 7.91. The minimum atomic E-state index is -0.0432. The zero-order valence-electron chi connectivity index (χ0n) is 15.2. The number of carbonyl (C=O) groups is 1. The average Bonchev–Trinajstić information content (AvgIpc) is 2.50. The van der Waals surface area contributed by atoms with Gasteiger partial charge in [0.1, 0.15) is 0 Å². The van der Waals surface area contributed by atoms with Crippen LogP contribution in [0.5, 0.6) is 0 Å². The Morgan fingerprint density at radius 1 is 1.25 bits per heavy atom. The van der Waals surface area contributed by atoms with Gasteiger partial charge in [-0.1, -0.05) is 12.1 Å². The van der Waals surface area contributed by atoms with Crippen LogP contribution in [0.4, 0.5) is 0 Å². The maximum atomic E-state index is 12.1. The monoisotopic (exact) mass is 447 g/mol. The van der Waals surface area contributed by atoms with Crippen LogP contribution in [0.3, 0.4) is 0 Å². The second kappa shape index (κ2) is 12.1. The van der Waals surface area contributed by atoms with Crippen molar-refractivity contribution in [3.05, 3.63) is 35.4 Å². The zero-order chi connectivity index (χ0) is 17.2. The Balaban J connectivity index is 0.00000529. The molecule has 6 nitrogen and oxygen atoms in total. The number of benzene rings is 1. The fourth-order valence-electron chi connectivity index (χ4n) is 1.97. The lowest BCUT2D eigenvalue weighted by atomic mass is 10.1. The molecule has 136 valence electrons. The second-order valence-electron chi connectivity index (χ2n) is 5.98. The summed E-state index contributed by atoms with van der Waals surface area (Å²) in [6.45, 7) is 6.20. The number of likely N-dealkylation sites (N-methyl/N-ethyl adjacent to an activating group) is 1. The van der Waals surface area contributed by atoms with Gasteiger partial charge in [0.2, 0.25) is 0 Å². The summed E-state index contributed by atoms with van der Waals surface area (Å²) in [6.07, 6.45) is 0. The van der Waals surface area contributed by atoms with Gasteiger partial charge in [0.05, 0.1) is 0 Å². The van der Waals surface area contributed by atoms with Crippen LogP contribution in [0.25, 0.3) is 0 Å². The van der Waals surface area contributed by atoms with Crippen molar-refractivity contribution < 1.29 is 4.79 Å². The highest BCUT2D eigenvalue weighted by Crippen LogP contribution is 2.05. The lowest BCUT2D eigenvalue weighted by molar-refractivity contribution is 0.0951. The summed E-state index contributed by atoms with van der Waals surface area (Å²) in [5.41, 5.74) is 1.71. The van der Waals surface area contributed by atoms with Gasteiger partial charge in [-0.15, -0.1) is 24.0 Å². The molecule has 1 aromatic rings. The molecule has 3 N–H and O–H groups in total. The molecule has 24 heavy (non-hydrogen) atoms. The number of nitrogens with one attached hydrogen (secondary N) is 3. The molecule has 1 rings (SSSR count). The highest BCUT2D eigenvalue weighted by atomic mass is 127. The number of amides is 1. The molecule has 0 atom stereocenters. The van der Waals surface area contributed by atoms with Crippen LogP contribution in [-0.2, 0) is 6.54 Å². The Morgan fingerprint density at radius 3 is 2.54 bits per heavy atom. The van der Waals surface area contributed by atoms with Crippen molar-refractivity contribution in [2.75, 3.05) is 34.2 Å². The second-order valence-corrected chi connectivity index (χ2v) is 5.98. The predicted octanol–water partition coefficient (Wildman–Crippen LogP) is 1.67. The van der Waals surface area contributed by atoms with Crippen molar-refractivity contribution in [3.63, 3.8) is 0 Å². The Bertz CT molecular complexity index is 531. The van der Waals surface area contributed by atoms with E-state index in [1.807, 2.05) is 43.3 Å². The van der Waals surface area contributed by atoms with Gasteiger partial charge in [-0.05, 0) is 45.6 Å². The fraction of sp³-hybridized carbons (Fsp3) is 0.529. The predicted molar refractivity (Wildman–Crippen MR) is 111 cm³/mol. The molecule has 0 aliphatic carbocycles. The van der Waals surface area contributed by atoms with Crippen molar-refractivity contribution in [3.8, 4) is 0 Å². The molecule has 0 bridgehead atoms. The lowest BCUT2D eigenvalue weighted by Crippen LogP contribution is -2.40. The largest absolute Gasteiger partial charge is 0.354 e. The van der Waals surface area contributed by atoms with Crippen LogP contribution in [0.2, 0.25) is 0 Å². The van der Waals surface area contributed by atoms with Crippen molar-refractivity contribution in [2.24, 2.45) is 4.99 Å². The molecule has 0 saturated carbocycles. The van der Waals surface area contributed by atoms with E-state index in [2.05, 4.69) is 34.8 Å². The summed E-state index contributed by atoms with van der Waals surface area (Å²) in [4.78, 5) is 18.3. The molecule has 0 aliphatic rings. The first-order valence-corrected chi connectivity index (χ1v) is 7.91.